The molecule has 1 atom stereocenters. The number of aromatic nitrogens is 2. The quantitative estimate of drug-likeness (QED) is 0.536. The standard InChI is InChI=1S/C24H33Cl2N5O3/c1-4-31(24(32)16(2)3)17-5-6-30(15-17)22-23(34-12-9-29-7-10-33-11-8-29)28-21-14-19(26)18(25)13-20(21)27-22/h13-14,16-17H,4-12,15H2,1-3H3/t17-/m0/s1. The zero-order valence-corrected chi connectivity index (χ0v) is 21.6. The van der Waals surface area contributed by atoms with Crippen molar-refractivity contribution in [1.29, 1.82) is 0 Å². The Morgan fingerprint density at radius 2 is 1.85 bits per heavy atom. The average Bonchev–Trinajstić information content (AvgIpc) is 3.30. The van der Waals surface area contributed by atoms with Gasteiger partial charge in [0.1, 0.15) is 6.61 Å². The van der Waals surface area contributed by atoms with Crippen LogP contribution in [0.2, 0.25) is 10.0 Å². The Labute approximate surface area is 211 Å². The monoisotopic (exact) mass is 509 g/mol. The van der Waals surface area contributed by atoms with Crippen LogP contribution in [0.15, 0.2) is 12.1 Å². The van der Waals surface area contributed by atoms with Crippen molar-refractivity contribution >= 4 is 46.0 Å². The summed E-state index contributed by atoms with van der Waals surface area (Å²) in [6.45, 7) is 12.7. The number of rotatable bonds is 8. The number of hydrogen-bond donors (Lipinski definition) is 0. The van der Waals surface area contributed by atoms with Gasteiger partial charge in [0, 0.05) is 45.2 Å². The molecule has 2 aliphatic heterocycles. The Morgan fingerprint density at radius 1 is 1.18 bits per heavy atom. The molecule has 0 unspecified atom stereocenters. The third-order valence-electron chi connectivity index (χ3n) is 6.43. The lowest BCUT2D eigenvalue weighted by Crippen LogP contribution is -2.44. The summed E-state index contributed by atoms with van der Waals surface area (Å²) in [5.74, 6) is 1.32. The number of nitrogens with zero attached hydrogens (tertiary/aromatic N) is 5. The molecule has 2 saturated heterocycles. The fourth-order valence-corrected chi connectivity index (χ4v) is 4.86. The molecule has 0 radical (unpaired) electrons. The second-order valence-electron chi connectivity index (χ2n) is 9.08. The van der Waals surface area contributed by atoms with Gasteiger partial charge in [-0.05, 0) is 25.5 Å². The van der Waals surface area contributed by atoms with E-state index in [9.17, 15) is 4.79 Å². The van der Waals surface area contributed by atoms with Gasteiger partial charge < -0.3 is 19.3 Å². The molecule has 2 aliphatic rings. The van der Waals surface area contributed by atoms with E-state index in [4.69, 9.17) is 42.6 Å². The summed E-state index contributed by atoms with van der Waals surface area (Å²) >= 11 is 12.5. The normalized spacial score (nSPS) is 19.2. The van der Waals surface area contributed by atoms with Gasteiger partial charge in [-0.1, -0.05) is 37.0 Å². The maximum absolute atomic E-state index is 12.7. The number of amides is 1. The van der Waals surface area contributed by atoms with Crippen LogP contribution in [0, 0.1) is 5.92 Å². The molecule has 34 heavy (non-hydrogen) atoms. The molecule has 10 heteroatoms. The number of halogens is 2. The molecule has 3 heterocycles. The lowest BCUT2D eigenvalue weighted by molar-refractivity contribution is -0.136. The van der Waals surface area contributed by atoms with Crippen molar-refractivity contribution in [1.82, 2.24) is 19.8 Å². The molecule has 4 rings (SSSR count). The number of carbonyl (C=O) groups is 1. The number of fused-ring (bicyclic) bond motifs is 1. The van der Waals surface area contributed by atoms with Crippen LogP contribution in [0.5, 0.6) is 5.88 Å². The third-order valence-corrected chi connectivity index (χ3v) is 7.15. The number of hydrogen-bond acceptors (Lipinski definition) is 7. The van der Waals surface area contributed by atoms with Crippen molar-refractivity contribution in [3.05, 3.63) is 22.2 Å². The highest BCUT2D eigenvalue weighted by molar-refractivity contribution is 6.42. The first-order valence-corrected chi connectivity index (χ1v) is 12.8. The van der Waals surface area contributed by atoms with E-state index < -0.39 is 0 Å². The van der Waals surface area contributed by atoms with Crippen LogP contribution in [0.1, 0.15) is 27.2 Å². The molecule has 2 aromatic rings. The van der Waals surface area contributed by atoms with Gasteiger partial charge in [-0.3, -0.25) is 9.69 Å². The van der Waals surface area contributed by atoms with Gasteiger partial charge in [0.15, 0.2) is 5.82 Å². The summed E-state index contributed by atoms with van der Waals surface area (Å²) in [5.41, 5.74) is 1.31. The first kappa shape index (κ1) is 25.2. The van der Waals surface area contributed by atoms with Gasteiger partial charge in [-0.2, -0.15) is 0 Å². The SMILES string of the molecule is CCN(C(=O)C(C)C)[C@H]1CCN(c2nc3cc(Cl)c(Cl)cc3nc2OCCN2CCOCC2)C1. The van der Waals surface area contributed by atoms with Gasteiger partial charge in [0.25, 0.3) is 5.88 Å². The van der Waals surface area contributed by atoms with Gasteiger partial charge >= 0.3 is 0 Å². The number of carbonyl (C=O) groups excluding carboxylic acids is 1. The van der Waals surface area contributed by atoms with Gasteiger partial charge in [0.05, 0.1) is 40.3 Å². The second-order valence-corrected chi connectivity index (χ2v) is 9.89. The minimum Gasteiger partial charge on any atom is -0.474 e. The van der Waals surface area contributed by atoms with Crippen molar-refractivity contribution in [2.24, 2.45) is 5.92 Å². The van der Waals surface area contributed by atoms with E-state index in [0.29, 0.717) is 52.5 Å². The Kier molecular flexibility index (Phi) is 8.34. The Balaban J connectivity index is 1.57. The molecule has 186 valence electrons. The Bertz CT molecular complexity index is 1020. The number of anilines is 1. The molecule has 1 aromatic carbocycles. The van der Waals surface area contributed by atoms with Crippen LogP contribution >= 0.6 is 23.2 Å². The molecule has 0 aliphatic carbocycles. The minimum atomic E-state index is -0.0274. The lowest BCUT2D eigenvalue weighted by atomic mass is 10.1. The first-order valence-electron chi connectivity index (χ1n) is 12.0. The van der Waals surface area contributed by atoms with Crippen LogP contribution in [0.4, 0.5) is 5.82 Å². The third kappa shape index (κ3) is 5.67. The lowest BCUT2D eigenvalue weighted by Gasteiger charge is -2.30. The van der Waals surface area contributed by atoms with Crippen LogP contribution < -0.4 is 9.64 Å². The molecule has 2 fully saturated rings. The highest BCUT2D eigenvalue weighted by Crippen LogP contribution is 2.34. The average molecular weight is 510 g/mol. The fraction of sp³-hybridized carbons (Fsp3) is 0.625. The molecular formula is C24H33Cl2N5O3. The molecule has 1 amide bonds. The van der Waals surface area contributed by atoms with Gasteiger partial charge in [-0.25, -0.2) is 9.97 Å². The van der Waals surface area contributed by atoms with Crippen molar-refractivity contribution < 1.29 is 14.3 Å². The number of ether oxygens (including phenoxy) is 2. The minimum absolute atomic E-state index is 0.0274. The molecule has 0 bridgehead atoms. The molecular weight excluding hydrogens is 477 g/mol. The number of likely N-dealkylation sites (N-methyl/N-ethyl adjacent to an activating group) is 1. The zero-order valence-electron chi connectivity index (χ0n) is 20.1. The fourth-order valence-electron chi connectivity index (χ4n) is 4.54. The van der Waals surface area contributed by atoms with E-state index in [1.807, 2.05) is 25.7 Å². The summed E-state index contributed by atoms with van der Waals surface area (Å²) in [6.07, 6.45) is 0.876. The number of benzene rings is 1. The van der Waals surface area contributed by atoms with Crippen LogP contribution in [-0.2, 0) is 9.53 Å². The summed E-state index contributed by atoms with van der Waals surface area (Å²) in [5, 5.41) is 0.872. The smallest absolute Gasteiger partial charge is 0.258 e. The predicted octanol–water partition coefficient (Wildman–Crippen LogP) is 3.73. The van der Waals surface area contributed by atoms with Crippen LogP contribution in [0.3, 0.4) is 0 Å². The molecule has 0 saturated carbocycles. The second kappa shape index (κ2) is 11.2. The Hall–Kier alpha value is -1.87. The van der Waals surface area contributed by atoms with Gasteiger partial charge in [-0.15, -0.1) is 0 Å². The molecule has 0 spiro atoms. The highest BCUT2D eigenvalue weighted by Gasteiger charge is 2.33. The predicted molar refractivity (Wildman–Crippen MR) is 135 cm³/mol. The zero-order chi connectivity index (χ0) is 24.2. The van der Waals surface area contributed by atoms with E-state index in [-0.39, 0.29) is 17.9 Å². The van der Waals surface area contributed by atoms with E-state index in [1.165, 1.54) is 0 Å². The molecule has 0 N–H and O–H groups in total. The van der Waals surface area contributed by atoms with Crippen molar-refractivity contribution in [2.75, 3.05) is 64.0 Å². The maximum Gasteiger partial charge on any atom is 0.258 e. The summed E-state index contributed by atoms with van der Waals surface area (Å²) in [7, 11) is 0. The summed E-state index contributed by atoms with van der Waals surface area (Å²) < 4.78 is 11.6. The molecule has 8 nitrogen and oxygen atoms in total. The number of morpholine rings is 1. The van der Waals surface area contributed by atoms with Crippen molar-refractivity contribution in [3.63, 3.8) is 0 Å². The van der Waals surface area contributed by atoms with Crippen LogP contribution in [-0.4, -0.2) is 90.8 Å². The topological polar surface area (TPSA) is 71.0 Å². The van der Waals surface area contributed by atoms with E-state index >= 15 is 0 Å². The van der Waals surface area contributed by atoms with Crippen molar-refractivity contribution in [2.45, 2.75) is 33.2 Å². The maximum atomic E-state index is 12.7. The summed E-state index contributed by atoms with van der Waals surface area (Å²) in [6, 6.07) is 3.59. The van der Waals surface area contributed by atoms with E-state index in [0.717, 1.165) is 45.8 Å². The van der Waals surface area contributed by atoms with Crippen LogP contribution in [0.25, 0.3) is 11.0 Å². The van der Waals surface area contributed by atoms with E-state index in [1.54, 1.807) is 12.1 Å². The first-order chi connectivity index (χ1) is 16.4. The largest absolute Gasteiger partial charge is 0.474 e. The van der Waals surface area contributed by atoms with E-state index in [2.05, 4.69) is 9.80 Å². The highest BCUT2D eigenvalue weighted by atomic mass is 35.5. The Morgan fingerprint density at radius 3 is 2.50 bits per heavy atom. The van der Waals surface area contributed by atoms with Crippen molar-refractivity contribution in [3.8, 4) is 5.88 Å². The molecule has 1 aromatic heterocycles. The summed E-state index contributed by atoms with van der Waals surface area (Å²) in [4.78, 5) is 28.8. The van der Waals surface area contributed by atoms with Gasteiger partial charge in [0.2, 0.25) is 5.91 Å².